The zero-order valence-electron chi connectivity index (χ0n) is 38.1. The molecule has 71 heavy (non-hydrogen) atoms. The number of aromatic amines is 2. The van der Waals surface area contributed by atoms with Gasteiger partial charge in [0.15, 0.2) is 15.5 Å². The molecule has 1 amide bonds. The third-order valence-corrected chi connectivity index (χ3v) is 13.0. The molecule has 4 N–H and O–H groups in total. The predicted molar refractivity (Wildman–Crippen MR) is 272 cm³/mol. The van der Waals surface area contributed by atoms with Crippen molar-refractivity contribution >= 4 is 87.2 Å². The molecule has 364 valence electrons. The number of amides is 1. The standard InChI is InChI=1S/C18H20N8OS.C16H12N4OS.C13H11ClF2N2O2S/c1-3-19-15-22-16(20-4-2)26-17(23-15)24-25-18(26)28-10-12-9-11-7-5-6-8-13(11)14(27)21-12;1-2-4-14-13(3-1)18-16(19-14)22-9-11-5-7-12(8-6-11)15-20-17-10-21-15;1-7-4-11(19)18-13(17-7)21-6-8-5-9(14)2-3-10(8)20-12(15)16/h5-8H,3-4,9-10H2,1-2H3,(H2,19,20,22,23,24);1-8,10H,9H2,(H,18,19);2-5,12H,6H2,1H3,(H,17,18,19). The van der Waals surface area contributed by atoms with Crippen LogP contribution in [0.4, 0.5) is 20.7 Å². The smallest absolute Gasteiger partial charge is 0.387 e. The van der Waals surface area contributed by atoms with Crippen molar-refractivity contribution in [3.8, 4) is 17.2 Å². The number of alkyl halides is 2. The minimum atomic E-state index is -2.91. The third kappa shape index (κ3) is 13.6. The van der Waals surface area contributed by atoms with Crippen molar-refractivity contribution in [1.29, 1.82) is 0 Å². The zero-order chi connectivity index (χ0) is 49.7. The molecular weight excluding hydrogens is 994 g/mol. The molecular formula is C47H43ClF2N14O4S3. The van der Waals surface area contributed by atoms with Gasteiger partial charge in [0.05, 0.1) is 11.0 Å². The first kappa shape index (κ1) is 50.2. The van der Waals surface area contributed by atoms with Crippen molar-refractivity contribution in [2.75, 3.05) is 29.5 Å². The first-order chi connectivity index (χ1) is 34.5. The highest BCUT2D eigenvalue weighted by molar-refractivity contribution is 7.99. The fourth-order valence-electron chi connectivity index (χ4n) is 6.80. The molecule has 0 spiro atoms. The second-order valence-corrected chi connectivity index (χ2v) is 18.4. The lowest BCUT2D eigenvalue weighted by Crippen LogP contribution is -2.18. The molecule has 0 fully saturated rings. The second-order valence-electron chi connectivity index (χ2n) is 15.1. The zero-order valence-corrected chi connectivity index (χ0v) is 41.3. The number of ether oxygens (including phenoxy) is 1. The molecule has 0 saturated carbocycles. The number of imidazole rings is 1. The number of rotatable bonds is 16. The number of halogens is 3. The number of hydrogen-bond donors (Lipinski definition) is 4. The number of aryl methyl sites for hydroxylation is 1. The minimum absolute atomic E-state index is 0.0527. The van der Waals surface area contributed by atoms with Gasteiger partial charge in [0.1, 0.15) is 5.75 Å². The van der Waals surface area contributed by atoms with Gasteiger partial charge in [0.2, 0.25) is 24.2 Å². The average molecular weight is 1040 g/mol. The highest BCUT2D eigenvalue weighted by Gasteiger charge is 2.21. The topological polar surface area (TPSA) is 232 Å². The highest BCUT2D eigenvalue weighted by Crippen LogP contribution is 2.30. The monoisotopic (exact) mass is 1040 g/mol. The van der Waals surface area contributed by atoms with Crippen LogP contribution >= 0.6 is 46.9 Å². The molecule has 10 rings (SSSR count). The van der Waals surface area contributed by atoms with Crippen molar-refractivity contribution < 1.29 is 22.7 Å². The van der Waals surface area contributed by atoms with E-state index in [0.29, 0.717) is 81.0 Å². The van der Waals surface area contributed by atoms with Crippen LogP contribution in [0.5, 0.6) is 5.75 Å². The van der Waals surface area contributed by atoms with Crippen molar-refractivity contribution in [2.45, 2.75) is 60.8 Å². The Kier molecular flexibility index (Phi) is 17.0. The van der Waals surface area contributed by atoms with Crippen LogP contribution in [0, 0.1) is 6.92 Å². The predicted octanol–water partition coefficient (Wildman–Crippen LogP) is 9.84. The van der Waals surface area contributed by atoms with Gasteiger partial charge in [-0.05, 0) is 80.4 Å². The lowest BCUT2D eigenvalue weighted by molar-refractivity contribution is -0.0503. The SMILES string of the molecule is CCNc1nc(NCC)n2c(SCC3=NC(=O)c4ccccc4C3)nnc2n1.Cc1cc(=O)[nH]c(SCc2cc(Cl)ccc2OC(F)F)n1.c1ccc2[nH]c(SCc3ccc(-c4nnco4)cc3)nc2c1. The van der Waals surface area contributed by atoms with Gasteiger partial charge in [0, 0.05) is 76.0 Å². The van der Waals surface area contributed by atoms with Crippen molar-refractivity contribution in [3.05, 3.63) is 147 Å². The van der Waals surface area contributed by atoms with E-state index in [1.165, 1.54) is 53.7 Å². The maximum absolute atomic E-state index is 12.3. The quantitative estimate of drug-likeness (QED) is 0.0521. The average Bonchev–Trinajstić information content (AvgIpc) is 4.15. The molecule has 0 aliphatic carbocycles. The van der Waals surface area contributed by atoms with Gasteiger partial charge in [-0.3, -0.25) is 9.59 Å². The Morgan fingerprint density at radius 2 is 1.59 bits per heavy atom. The Morgan fingerprint density at radius 3 is 2.35 bits per heavy atom. The number of carbonyl (C=O) groups excluding carboxylic acids is 1. The molecule has 0 unspecified atom stereocenters. The number of para-hydroxylation sites is 2. The summed E-state index contributed by atoms with van der Waals surface area (Å²) in [6, 6.07) is 29.5. The van der Waals surface area contributed by atoms with Crippen LogP contribution in [-0.2, 0) is 17.9 Å². The maximum atomic E-state index is 12.3. The number of carbonyl (C=O) groups is 1. The summed E-state index contributed by atoms with van der Waals surface area (Å²) in [4.78, 5) is 51.3. The molecule has 4 aromatic carbocycles. The molecule has 0 saturated heterocycles. The summed E-state index contributed by atoms with van der Waals surface area (Å²) < 4.78 is 36.1. The highest BCUT2D eigenvalue weighted by atomic mass is 35.5. The Morgan fingerprint density at radius 1 is 0.817 bits per heavy atom. The van der Waals surface area contributed by atoms with E-state index in [4.69, 9.17) is 16.0 Å². The number of benzene rings is 4. The van der Waals surface area contributed by atoms with Gasteiger partial charge in [-0.2, -0.15) is 18.7 Å². The van der Waals surface area contributed by atoms with Crippen LogP contribution < -0.4 is 20.9 Å². The number of nitrogens with one attached hydrogen (secondary N) is 4. The maximum Gasteiger partial charge on any atom is 0.387 e. The van der Waals surface area contributed by atoms with E-state index < -0.39 is 6.61 Å². The van der Waals surface area contributed by atoms with E-state index in [-0.39, 0.29) is 23.0 Å². The van der Waals surface area contributed by atoms with Gasteiger partial charge in [-0.15, -0.1) is 20.4 Å². The fourth-order valence-corrected chi connectivity index (χ4v) is 9.60. The van der Waals surface area contributed by atoms with Gasteiger partial charge >= 0.3 is 6.61 Å². The Balaban J connectivity index is 0.000000145. The summed E-state index contributed by atoms with van der Waals surface area (Å²) in [6.07, 6.45) is 1.99. The van der Waals surface area contributed by atoms with Gasteiger partial charge in [-0.1, -0.05) is 89.4 Å². The normalized spacial score (nSPS) is 11.9. The number of aliphatic imine (C=N–C) groups is 1. The van der Waals surface area contributed by atoms with E-state index in [0.717, 1.165) is 38.8 Å². The lowest BCUT2D eigenvalue weighted by atomic mass is 9.99. The molecule has 1 aliphatic rings. The molecule has 9 aromatic rings. The van der Waals surface area contributed by atoms with Crippen LogP contribution in [0.25, 0.3) is 28.3 Å². The first-order valence-corrected chi connectivity index (χ1v) is 25.1. The summed E-state index contributed by atoms with van der Waals surface area (Å²) >= 11 is 10.2. The van der Waals surface area contributed by atoms with E-state index >= 15 is 0 Å². The van der Waals surface area contributed by atoms with E-state index in [1.54, 1.807) is 29.2 Å². The number of thioether (sulfide) groups is 3. The molecule has 0 bridgehead atoms. The lowest BCUT2D eigenvalue weighted by Gasteiger charge is -2.14. The minimum Gasteiger partial charge on any atom is -0.435 e. The molecule has 0 atom stereocenters. The van der Waals surface area contributed by atoms with Crippen molar-refractivity contribution in [2.24, 2.45) is 4.99 Å². The number of nitrogens with zero attached hydrogens (tertiary/aromatic N) is 10. The summed E-state index contributed by atoms with van der Waals surface area (Å²) in [6.45, 7) is 4.19. The number of H-pyrrole nitrogens is 2. The van der Waals surface area contributed by atoms with Crippen LogP contribution in [0.15, 0.2) is 133 Å². The van der Waals surface area contributed by atoms with Crippen LogP contribution in [-0.4, -0.2) is 91.8 Å². The van der Waals surface area contributed by atoms with Crippen LogP contribution in [0.2, 0.25) is 5.02 Å². The second kappa shape index (κ2) is 24.1. The Hall–Kier alpha value is -7.21. The molecule has 6 heterocycles. The fraction of sp³-hybridized carbons (Fsp3) is 0.213. The Bertz CT molecular complexity index is 3310. The molecule has 18 nitrogen and oxygen atoms in total. The number of aromatic nitrogens is 11. The van der Waals surface area contributed by atoms with Crippen molar-refractivity contribution in [1.82, 2.24) is 54.7 Å². The third-order valence-electron chi connectivity index (χ3n) is 9.94. The Labute approximate surface area is 421 Å². The molecule has 1 aliphatic heterocycles. The van der Waals surface area contributed by atoms with E-state index in [1.807, 2.05) is 74.5 Å². The first-order valence-electron chi connectivity index (χ1n) is 21.8. The number of anilines is 2. The number of fused-ring (bicyclic) bond motifs is 3. The summed E-state index contributed by atoms with van der Waals surface area (Å²) in [5.41, 5.74) is 7.53. The molecule has 0 radical (unpaired) electrons. The van der Waals surface area contributed by atoms with Gasteiger partial charge in [-0.25, -0.2) is 19.4 Å². The van der Waals surface area contributed by atoms with Gasteiger partial charge < -0.3 is 29.8 Å². The van der Waals surface area contributed by atoms with Crippen LogP contribution in [0.1, 0.15) is 46.6 Å². The van der Waals surface area contributed by atoms with Crippen molar-refractivity contribution in [3.63, 3.8) is 0 Å². The molecule has 24 heteroatoms. The number of hydrogen-bond acceptors (Lipinski definition) is 17. The van der Waals surface area contributed by atoms with E-state index in [9.17, 15) is 18.4 Å². The molecule has 5 aromatic heterocycles. The van der Waals surface area contributed by atoms with E-state index in [2.05, 4.69) is 82.8 Å². The summed E-state index contributed by atoms with van der Waals surface area (Å²) in [5, 5.41) is 24.7. The summed E-state index contributed by atoms with van der Waals surface area (Å²) in [7, 11) is 0. The largest absolute Gasteiger partial charge is 0.435 e. The van der Waals surface area contributed by atoms with Gasteiger partial charge in [0.25, 0.3) is 17.2 Å². The van der Waals surface area contributed by atoms with Crippen LogP contribution in [0.3, 0.4) is 0 Å². The summed E-state index contributed by atoms with van der Waals surface area (Å²) in [5.74, 6) is 3.69.